The molecule has 1 aliphatic rings. The van der Waals surface area contributed by atoms with E-state index < -0.39 is 0 Å². The lowest BCUT2D eigenvalue weighted by Gasteiger charge is -2.25. The second-order valence-electron chi connectivity index (χ2n) is 4.58. The summed E-state index contributed by atoms with van der Waals surface area (Å²) in [6.45, 7) is 8.33. The molecule has 0 saturated heterocycles. The van der Waals surface area contributed by atoms with Crippen LogP contribution in [-0.4, -0.2) is 5.60 Å². The zero-order valence-electron chi connectivity index (χ0n) is 11.0. The van der Waals surface area contributed by atoms with Gasteiger partial charge in [0.25, 0.3) is 0 Å². The molecule has 1 nitrogen and oxygen atoms in total. The lowest BCUT2D eigenvalue weighted by Crippen LogP contribution is -2.27. The molecule has 1 saturated carbocycles. The van der Waals surface area contributed by atoms with Crippen molar-refractivity contribution in [2.75, 3.05) is 0 Å². The van der Waals surface area contributed by atoms with Crippen molar-refractivity contribution in [3.63, 3.8) is 0 Å². The largest absolute Gasteiger partial charge is 0.488 e. The van der Waals surface area contributed by atoms with E-state index >= 15 is 0 Å². The van der Waals surface area contributed by atoms with Gasteiger partial charge >= 0.3 is 0 Å². The van der Waals surface area contributed by atoms with Gasteiger partial charge in [0.2, 0.25) is 0 Å². The molecule has 16 heavy (non-hydrogen) atoms. The Morgan fingerprint density at radius 2 is 1.75 bits per heavy atom. The summed E-state index contributed by atoms with van der Waals surface area (Å²) in [5, 5.41) is 0. The van der Waals surface area contributed by atoms with Crippen molar-refractivity contribution in [3.8, 4) is 5.75 Å². The summed E-state index contributed by atoms with van der Waals surface area (Å²) in [7, 11) is 0. The normalized spacial score (nSPS) is 17.5. The summed E-state index contributed by atoms with van der Waals surface area (Å²) in [4.78, 5) is 0. The second kappa shape index (κ2) is 5.93. The summed E-state index contributed by atoms with van der Waals surface area (Å²) in [5.41, 5.74) is 1.36. The molecular formula is C15H24O. The molecule has 0 spiro atoms. The van der Waals surface area contributed by atoms with Crippen molar-refractivity contribution in [3.05, 3.63) is 29.8 Å². The van der Waals surface area contributed by atoms with Gasteiger partial charge < -0.3 is 4.74 Å². The van der Waals surface area contributed by atoms with Gasteiger partial charge in [-0.25, -0.2) is 0 Å². The van der Waals surface area contributed by atoms with Crippen molar-refractivity contribution >= 4 is 0 Å². The van der Waals surface area contributed by atoms with E-state index in [4.69, 9.17) is 4.74 Å². The minimum atomic E-state index is 0.0911. The van der Waals surface area contributed by atoms with Crippen LogP contribution in [0.5, 0.6) is 5.75 Å². The standard InChI is InChI=1S/C13H18O.C2H6/c1-11-6-5-7-12(10-11)14-13(2)8-3-4-9-13;1-2/h5-7,10H,3-4,8-9H2,1-2H3;1-2H3. The van der Waals surface area contributed by atoms with E-state index in [1.54, 1.807) is 0 Å². The molecule has 1 aromatic rings. The molecule has 0 aliphatic heterocycles. The third kappa shape index (κ3) is 3.55. The molecule has 0 unspecified atom stereocenters. The Hall–Kier alpha value is -0.980. The molecule has 0 bridgehead atoms. The Balaban J connectivity index is 0.000000606. The van der Waals surface area contributed by atoms with Crippen LogP contribution in [0.4, 0.5) is 0 Å². The maximum absolute atomic E-state index is 6.04. The van der Waals surface area contributed by atoms with Crippen molar-refractivity contribution in [1.82, 2.24) is 0 Å². The highest BCUT2D eigenvalue weighted by Crippen LogP contribution is 2.33. The third-order valence-corrected chi connectivity index (χ3v) is 3.02. The van der Waals surface area contributed by atoms with Crippen molar-refractivity contribution < 1.29 is 4.74 Å². The third-order valence-electron chi connectivity index (χ3n) is 3.02. The van der Waals surface area contributed by atoms with Crippen LogP contribution in [-0.2, 0) is 0 Å². The van der Waals surface area contributed by atoms with E-state index in [0.717, 1.165) is 5.75 Å². The van der Waals surface area contributed by atoms with Gasteiger partial charge in [-0.3, -0.25) is 0 Å². The van der Waals surface area contributed by atoms with Crippen LogP contribution in [0.25, 0.3) is 0 Å². The van der Waals surface area contributed by atoms with Gasteiger partial charge in [-0.1, -0.05) is 26.0 Å². The number of hydrogen-bond donors (Lipinski definition) is 0. The molecular weight excluding hydrogens is 196 g/mol. The lowest BCUT2D eigenvalue weighted by atomic mass is 10.1. The Labute approximate surface area is 99.8 Å². The molecule has 0 aromatic heterocycles. The number of hydrogen-bond acceptors (Lipinski definition) is 1. The van der Waals surface area contributed by atoms with Crippen LogP contribution >= 0.6 is 0 Å². The topological polar surface area (TPSA) is 9.23 Å². The molecule has 0 amide bonds. The van der Waals surface area contributed by atoms with Gasteiger partial charge in [-0.05, 0) is 57.2 Å². The Morgan fingerprint density at radius 1 is 1.12 bits per heavy atom. The van der Waals surface area contributed by atoms with E-state index in [1.807, 2.05) is 13.8 Å². The number of aryl methyl sites for hydroxylation is 1. The predicted octanol–water partition coefficient (Wildman–Crippen LogP) is 4.73. The first-order chi connectivity index (χ1) is 7.68. The minimum Gasteiger partial charge on any atom is -0.488 e. The zero-order chi connectivity index (χ0) is 12.0. The van der Waals surface area contributed by atoms with Crippen molar-refractivity contribution in [2.45, 2.75) is 59.0 Å². The number of rotatable bonds is 2. The van der Waals surface area contributed by atoms with Gasteiger partial charge in [0.05, 0.1) is 0 Å². The maximum atomic E-state index is 6.04. The Morgan fingerprint density at radius 3 is 2.31 bits per heavy atom. The van der Waals surface area contributed by atoms with E-state index in [2.05, 4.69) is 38.1 Å². The van der Waals surface area contributed by atoms with E-state index in [-0.39, 0.29) is 5.60 Å². The quantitative estimate of drug-likeness (QED) is 0.700. The molecule has 0 heterocycles. The van der Waals surface area contributed by atoms with Gasteiger partial charge in [0.15, 0.2) is 0 Å². The number of benzene rings is 1. The molecule has 0 radical (unpaired) electrons. The monoisotopic (exact) mass is 220 g/mol. The van der Waals surface area contributed by atoms with E-state index in [1.165, 1.54) is 31.2 Å². The highest BCUT2D eigenvalue weighted by atomic mass is 16.5. The lowest BCUT2D eigenvalue weighted by molar-refractivity contribution is 0.0968. The van der Waals surface area contributed by atoms with Gasteiger partial charge in [0.1, 0.15) is 11.4 Å². The van der Waals surface area contributed by atoms with Gasteiger partial charge in [-0.2, -0.15) is 0 Å². The first-order valence-corrected chi connectivity index (χ1v) is 6.44. The fraction of sp³-hybridized carbons (Fsp3) is 0.600. The summed E-state index contributed by atoms with van der Waals surface area (Å²) in [6.07, 6.45) is 5.01. The molecule has 1 heteroatoms. The number of ether oxygens (including phenoxy) is 1. The average molecular weight is 220 g/mol. The van der Waals surface area contributed by atoms with Crippen LogP contribution in [0.3, 0.4) is 0 Å². The van der Waals surface area contributed by atoms with Gasteiger partial charge in [0, 0.05) is 0 Å². The highest BCUT2D eigenvalue weighted by molar-refractivity contribution is 5.28. The smallest absolute Gasteiger partial charge is 0.120 e. The Kier molecular flexibility index (Phi) is 4.85. The second-order valence-corrected chi connectivity index (χ2v) is 4.58. The first kappa shape index (κ1) is 13.1. The summed E-state index contributed by atoms with van der Waals surface area (Å²) in [6, 6.07) is 8.33. The summed E-state index contributed by atoms with van der Waals surface area (Å²) >= 11 is 0. The summed E-state index contributed by atoms with van der Waals surface area (Å²) in [5.74, 6) is 1.02. The zero-order valence-corrected chi connectivity index (χ0v) is 11.0. The SMILES string of the molecule is CC.Cc1cccc(OC2(C)CCCC2)c1. The molecule has 90 valence electrons. The van der Waals surface area contributed by atoms with Crippen molar-refractivity contribution in [2.24, 2.45) is 0 Å². The van der Waals surface area contributed by atoms with Crippen molar-refractivity contribution in [1.29, 1.82) is 0 Å². The van der Waals surface area contributed by atoms with Crippen LogP contribution in [0.15, 0.2) is 24.3 Å². The maximum Gasteiger partial charge on any atom is 0.120 e. The minimum absolute atomic E-state index is 0.0911. The molecule has 0 atom stereocenters. The molecule has 1 aromatic carbocycles. The van der Waals surface area contributed by atoms with Gasteiger partial charge in [-0.15, -0.1) is 0 Å². The van der Waals surface area contributed by atoms with E-state index in [0.29, 0.717) is 0 Å². The molecule has 1 fully saturated rings. The fourth-order valence-corrected chi connectivity index (χ4v) is 2.19. The summed E-state index contributed by atoms with van der Waals surface area (Å²) < 4.78 is 6.04. The molecule has 2 rings (SSSR count). The first-order valence-electron chi connectivity index (χ1n) is 6.44. The van der Waals surface area contributed by atoms with Crippen LogP contribution in [0.1, 0.15) is 52.0 Å². The average Bonchev–Trinajstić information content (AvgIpc) is 2.68. The fourth-order valence-electron chi connectivity index (χ4n) is 2.19. The van der Waals surface area contributed by atoms with Crippen LogP contribution < -0.4 is 4.74 Å². The molecule has 1 aliphatic carbocycles. The molecule has 0 N–H and O–H groups in total. The highest BCUT2D eigenvalue weighted by Gasteiger charge is 2.30. The Bertz CT molecular complexity index is 311. The van der Waals surface area contributed by atoms with Crippen LogP contribution in [0, 0.1) is 6.92 Å². The van der Waals surface area contributed by atoms with Crippen LogP contribution in [0.2, 0.25) is 0 Å². The van der Waals surface area contributed by atoms with E-state index in [9.17, 15) is 0 Å². The predicted molar refractivity (Wildman–Crippen MR) is 70.0 cm³/mol.